The smallest absolute Gasteiger partial charge is 0.0595 e. The van der Waals surface area contributed by atoms with Crippen molar-refractivity contribution in [3.8, 4) is 0 Å². The van der Waals surface area contributed by atoms with E-state index in [1.807, 2.05) is 19.2 Å². The Morgan fingerprint density at radius 2 is 1.82 bits per heavy atom. The second-order valence-electron chi connectivity index (χ2n) is 4.81. The summed E-state index contributed by atoms with van der Waals surface area (Å²) in [6.45, 7) is 4.49. The second-order valence-corrected chi connectivity index (χ2v) is 4.81. The lowest BCUT2D eigenvalue weighted by Gasteiger charge is -2.35. The van der Waals surface area contributed by atoms with Gasteiger partial charge in [-0.3, -0.25) is 4.90 Å². The van der Waals surface area contributed by atoms with Crippen LogP contribution in [0.3, 0.4) is 0 Å². The van der Waals surface area contributed by atoms with Crippen molar-refractivity contribution in [1.82, 2.24) is 4.90 Å². The Labute approximate surface area is 104 Å². The van der Waals surface area contributed by atoms with Gasteiger partial charge in [-0.05, 0) is 37.5 Å². The van der Waals surface area contributed by atoms with E-state index in [0.717, 1.165) is 31.6 Å². The number of hydrogen-bond acceptors (Lipinski definition) is 3. The zero-order valence-corrected chi connectivity index (χ0v) is 10.7. The van der Waals surface area contributed by atoms with Gasteiger partial charge in [-0.2, -0.15) is 0 Å². The van der Waals surface area contributed by atoms with Gasteiger partial charge in [0.15, 0.2) is 0 Å². The minimum Gasteiger partial charge on any atom is -0.399 e. The molecule has 0 amide bonds. The lowest BCUT2D eigenvalue weighted by Crippen LogP contribution is -2.38. The maximum Gasteiger partial charge on any atom is 0.0595 e. The Morgan fingerprint density at radius 1 is 1.24 bits per heavy atom. The van der Waals surface area contributed by atoms with Gasteiger partial charge in [-0.1, -0.05) is 12.1 Å². The van der Waals surface area contributed by atoms with E-state index in [0.29, 0.717) is 12.1 Å². The lowest BCUT2D eigenvalue weighted by atomic mass is 10.0. The number of likely N-dealkylation sites (tertiary alicyclic amines) is 1. The molecule has 1 aromatic carbocycles. The monoisotopic (exact) mass is 234 g/mol. The van der Waals surface area contributed by atoms with Gasteiger partial charge in [0, 0.05) is 31.9 Å². The summed E-state index contributed by atoms with van der Waals surface area (Å²) in [7, 11) is 1.81. The van der Waals surface area contributed by atoms with E-state index in [-0.39, 0.29) is 0 Å². The predicted molar refractivity (Wildman–Crippen MR) is 70.9 cm³/mol. The number of nitrogens with zero attached hydrogens (tertiary/aromatic N) is 1. The molecule has 1 unspecified atom stereocenters. The van der Waals surface area contributed by atoms with Crippen LogP contribution in [-0.2, 0) is 4.74 Å². The topological polar surface area (TPSA) is 38.5 Å². The van der Waals surface area contributed by atoms with E-state index in [9.17, 15) is 0 Å². The molecule has 0 saturated carbocycles. The molecule has 1 fully saturated rings. The second kappa shape index (κ2) is 5.52. The standard InChI is InChI=1S/C14H22N2O/c1-11(12-3-5-13(15)6-4-12)16-9-7-14(17-2)8-10-16/h3-6,11,14H,7-10,15H2,1-2H3. The Hall–Kier alpha value is -1.06. The average molecular weight is 234 g/mol. The summed E-state index contributed by atoms with van der Waals surface area (Å²) in [5, 5.41) is 0. The number of nitrogens with two attached hydrogens (primary N) is 1. The van der Waals surface area contributed by atoms with E-state index < -0.39 is 0 Å². The predicted octanol–water partition coefficient (Wildman–Crippen LogP) is 2.44. The van der Waals surface area contributed by atoms with Crippen molar-refractivity contribution in [1.29, 1.82) is 0 Å². The molecule has 1 aliphatic rings. The van der Waals surface area contributed by atoms with Crippen molar-refractivity contribution in [3.05, 3.63) is 29.8 Å². The summed E-state index contributed by atoms with van der Waals surface area (Å²) in [4.78, 5) is 2.51. The first-order valence-corrected chi connectivity index (χ1v) is 6.33. The van der Waals surface area contributed by atoms with Crippen molar-refractivity contribution >= 4 is 5.69 Å². The molecule has 2 N–H and O–H groups in total. The number of anilines is 1. The highest BCUT2D eigenvalue weighted by molar-refractivity contribution is 5.40. The minimum absolute atomic E-state index is 0.449. The van der Waals surface area contributed by atoms with Gasteiger partial charge in [0.2, 0.25) is 0 Å². The maximum atomic E-state index is 5.71. The Morgan fingerprint density at radius 3 is 2.35 bits per heavy atom. The molecule has 1 atom stereocenters. The van der Waals surface area contributed by atoms with Crippen LogP contribution in [0.15, 0.2) is 24.3 Å². The normalized spacial score (nSPS) is 20.4. The highest BCUT2D eigenvalue weighted by Gasteiger charge is 2.22. The van der Waals surface area contributed by atoms with Gasteiger partial charge in [0.05, 0.1) is 6.10 Å². The largest absolute Gasteiger partial charge is 0.399 e. The van der Waals surface area contributed by atoms with Crippen molar-refractivity contribution < 1.29 is 4.74 Å². The Kier molecular flexibility index (Phi) is 4.02. The highest BCUT2D eigenvalue weighted by atomic mass is 16.5. The van der Waals surface area contributed by atoms with Gasteiger partial charge in [0.25, 0.3) is 0 Å². The zero-order valence-electron chi connectivity index (χ0n) is 10.7. The van der Waals surface area contributed by atoms with Crippen molar-refractivity contribution in [3.63, 3.8) is 0 Å². The molecule has 0 aliphatic carbocycles. The molecule has 1 heterocycles. The molecule has 94 valence electrons. The molecule has 1 aliphatic heterocycles. The summed E-state index contributed by atoms with van der Waals surface area (Å²) < 4.78 is 5.40. The minimum atomic E-state index is 0.449. The Bertz CT molecular complexity index is 342. The summed E-state index contributed by atoms with van der Waals surface area (Å²) in [5.74, 6) is 0. The maximum absolute atomic E-state index is 5.71. The van der Waals surface area contributed by atoms with Gasteiger partial charge in [-0.15, -0.1) is 0 Å². The average Bonchev–Trinajstić information content (AvgIpc) is 2.39. The van der Waals surface area contributed by atoms with Gasteiger partial charge < -0.3 is 10.5 Å². The molecule has 1 saturated heterocycles. The molecule has 0 spiro atoms. The van der Waals surface area contributed by atoms with E-state index in [4.69, 9.17) is 10.5 Å². The third-order valence-electron chi connectivity index (χ3n) is 3.78. The molecule has 0 aromatic heterocycles. The van der Waals surface area contributed by atoms with E-state index >= 15 is 0 Å². The van der Waals surface area contributed by atoms with Crippen molar-refractivity contribution in [2.24, 2.45) is 0 Å². The first-order valence-electron chi connectivity index (χ1n) is 6.33. The first kappa shape index (κ1) is 12.4. The molecule has 0 radical (unpaired) electrons. The van der Waals surface area contributed by atoms with Crippen LogP contribution in [-0.4, -0.2) is 31.2 Å². The van der Waals surface area contributed by atoms with E-state index in [1.165, 1.54) is 5.56 Å². The number of piperidine rings is 1. The summed E-state index contributed by atoms with van der Waals surface area (Å²) in [6.07, 6.45) is 2.72. The summed E-state index contributed by atoms with van der Waals surface area (Å²) in [5.41, 5.74) is 7.89. The van der Waals surface area contributed by atoms with Crippen LogP contribution in [0.2, 0.25) is 0 Å². The van der Waals surface area contributed by atoms with Crippen LogP contribution >= 0.6 is 0 Å². The fourth-order valence-electron chi connectivity index (χ4n) is 2.48. The van der Waals surface area contributed by atoms with Crippen LogP contribution in [0.1, 0.15) is 31.4 Å². The number of nitrogen functional groups attached to an aromatic ring is 1. The number of rotatable bonds is 3. The van der Waals surface area contributed by atoms with Crippen molar-refractivity contribution in [2.75, 3.05) is 25.9 Å². The molecule has 1 aromatic rings. The number of ether oxygens (including phenoxy) is 1. The molecule has 3 nitrogen and oxygen atoms in total. The van der Waals surface area contributed by atoms with E-state index in [2.05, 4.69) is 24.0 Å². The molecule has 2 rings (SSSR count). The third-order valence-corrected chi connectivity index (χ3v) is 3.78. The summed E-state index contributed by atoms with van der Waals surface area (Å²) in [6, 6.07) is 8.68. The fourth-order valence-corrected chi connectivity index (χ4v) is 2.48. The first-order chi connectivity index (χ1) is 8.20. The zero-order chi connectivity index (χ0) is 12.3. The van der Waals surface area contributed by atoms with Crippen molar-refractivity contribution in [2.45, 2.75) is 31.9 Å². The molecule has 0 bridgehead atoms. The van der Waals surface area contributed by atoms with Crippen LogP contribution < -0.4 is 5.73 Å². The van der Waals surface area contributed by atoms with Gasteiger partial charge in [0.1, 0.15) is 0 Å². The van der Waals surface area contributed by atoms with Gasteiger partial charge >= 0.3 is 0 Å². The molecule has 17 heavy (non-hydrogen) atoms. The quantitative estimate of drug-likeness (QED) is 0.816. The van der Waals surface area contributed by atoms with Crippen LogP contribution in [0, 0.1) is 0 Å². The van der Waals surface area contributed by atoms with Gasteiger partial charge in [-0.25, -0.2) is 0 Å². The number of methoxy groups -OCH3 is 1. The molecular weight excluding hydrogens is 212 g/mol. The third kappa shape index (κ3) is 2.99. The molecular formula is C14H22N2O. The highest BCUT2D eigenvalue weighted by Crippen LogP contribution is 2.25. The van der Waals surface area contributed by atoms with Crippen LogP contribution in [0.4, 0.5) is 5.69 Å². The van der Waals surface area contributed by atoms with Crippen LogP contribution in [0.5, 0.6) is 0 Å². The lowest BCUT2D eigenvalue weighted by molar-refractivity contribution is 0.0295. The summed E-state index contributed by atoms with van der Waals surface area (Å²) >= 11 is 0. The molecule has 3 heteroatoms. The Balaban J connectivity index is 1.96. The number of benzene rings is 1. The van der Waals surface area contributed by atoms with E-state index in [1.54, 1.807) is 0 Å². The van der Waals surface area contributed by atoms with Crippen LogP contribution in [0.25, 0.3) is 0 Å². The SMILES string of the molecule is COC1CCN(C(C)c2ccc(N)cc2)CC1. The fraction of sp³-hybridized carbons (Fsp3) is 0.571. The number of hydrogen-bond donors (Lipinski definition) is 1.